The summed E-state index contributed by atoms with van der Waals surface area (Å²) in [6, 6.07) is 9.78. The van der Waals surface area contributed by atoms with Crippen LogP contribution in [0, 0.1) is 11.7 Å². The van der Waals surface area contributed by atoms with Gasteiger partial charge in [-0.1, -0.05) is 18.5 Å². The van der Waals surface area contributed by atoms with Gasteiger partial charge >= 0.3 is 0 Å². The number of halogens is 2. The fourth-order valence-corrected chi connectivity index (χ4v) is 5.24. The molecule has 2 aromatic rings. The SMILES string of the molecule is COc1ccc(N2C(=O)C(CC(=O)Nc3ccc(F)cc3)N(CCN3CCC(C)CC3)C2=S)cc1Cl. The molecule has 2 aliphatic rings. The van der Waals surface area contributed by atoms with E-state index in [1.54, 1.807) is 18.2 Å². The van der Waals surface area contributed by atoms with E-state index in [1.165, 1.54) is 36.3 Å². The number of carbonyl (C=O) groups is 2. The normalized spacial score (nSPS) is 19.2. The van der Waals surface area contributed by atoms with Crippen molar-refractivity contribution in [2.75, 3.05) is 43.5 Å². The molecule has 0 bridgehead atoms. The number of nitrogens with zero attached hydrogens (tertiary/aromatic N) is 3. The molecule has 0 aliphatic carbocycles. The Morgan fingerprint density at radius 1 is 1.17 bits per heavy atom. The molecule has 192 valence electrons. The number of ether oxygens (including phenoxy) is 1. The lowest BCUT2D eigenvalue weighted by atomic mass is 9.99. The van der Waals surface area contributed by atoms with Crippen LogP contribution in [0.25, 0.3) is 0 Å². The molecule has 1 N–H and O–H groups in total. The van der Waals surface area contributed by atoms with Crippen molar-refractivity contribution in [2.45, 2.75) is 32.2 Å². The predicted molar refractivity (Wildman–Crippen MR) is 143 cm³/mol. The molecular formula is C26H30ClFN4O3S. The second-order valence-corrected chi connectivity index (χ2v) is 10.0. The zero-order chi connectivity index (χ0) is 25.8. The zero-order valence-electron chi connectivity index (χ0n) is 20.4. The van der Waals surface area contributed by atoms with Crippen LogP contribution in [0.3, 0.4) is 0 Å². The summed E-state index contributed by atoms with van der Waals surface area (Å²) in [5.41, 5.74) is 0.983. The van der Waals surface area contributed by atoms with E-state index in [9.17, 15) is 14.0 Å². The van der Waals surface area contributed by atoms with E-state index < -0.39 is 11.9 Å². The topological polar surface area (TPSA) is 65.1 Å². The summed E-state index contributed by atoms with van der Waals surface area (Å²) in [5, 5.41) is 3.44. The molecule has 0 radical (unpaired) electrons. The Labute approximate surface area is 221 Å². The Kier molecular flexibility index (Phi) is 8.43. The Hall–Kier alpha value is -2.75. The van der Waals surface area contributed by atoms with E-state index in [4.69, 9.17) is 28.6 Å². The number of amides is 2. The van der Waals surface area contributed by atoms with E-state index >= 15 is 0 Å². The van der Waals surface area contributed by atoms with Crippen LogP contribution in [0.15, 0.2) is 42.5 Å². The van der Waals surface area contributed by atoms with Gasteiger partial charge < -0.3 is 19.9 Å². The highest BCUT2D eigenvalue weighted by Gasteiger charge is 2.44. The van der Waals surface area contributed by atoms with Crippen molar-refractivity contribution in [3.8, 4) is 5.75 Å². The first-order chi connectivity index (χ1) is 17.3. The number of anilines is 2. The summed E-state index contributed by atoms with van der Waals surface area (Å²) >= 11 is 12.1. The smallest absolute Gasteiger partial charge is 0.256 e. The quantitative estimate of drug-likeness (QED) is 0.503. The second-order valence-electron chi connectivity index (χ2n) is 9.27. The summed E-state index contributed by atoms with van der Waals surface area (Å²) in [6.07, 6.45) is 2.19. The number of carbonyl (C=O) groups excluding carboxylic acids is 2. The standard InChI is InChI=1S/C26H30ClFN4O3S/c1-17-9-11-30(12-10-17)13-14-31-22(16-24(33)29-19-5-3-18(28)4-6-19)25(34)32(26(31)36)20-7-8-23(35-2)21(27)15-20/h3-8,15,17,22H,9-14,16H2,1-2H3,(H,29,33). The largest absolute Gasteiger partial charge is 0.495 e. The van der Waals surface area contributed by atoms with Gasteiger partial charge in [0.25, 0.3) is 5.91 Å². The molecule has 36 heavy (non-hydrogen) atoms. The molecule has 2 saturated heterocycles. The highest BCUT2D eigenvalue weighted by atomic mass is 35.5. The maximum atomic E-state index is 13.6. The summed E-state index contributed by atoms with van der Waals surface area (Å²) in [5.74, 6) is 0.173. The lowest BCUT2D eigenvalue weighted by Crippen LogP contribution is -2.44. The van der Waals surface area contributed by atoms with E-state index in [1.807, 2.05) is 4.90 Å². The molecule has 1 atom stereocenters. The third kappa shape index (κ3) is 5.96. The van der Waals surface area contributed by atoms with Crippen LogP contribution in [0.4, 0.5) is 15.8 Å². The van der Waals surface area contributed by atoms with Gasteiger partial charge in [-0.3, -0.25) is 14.5 Å². The number of hydrogen-bond acceptors (Lipinski definition) is 5. The molecular weight excluding hydrogens is 503 g/mol. The van der Waals surface area contributed by atoms with E-state index in [0.29, 0.717) is 39.7 Å². The number of thiocarbonyl (C=S) groups is 1. The minimum absolute atomic E-state index is 0.0895. The predicted octanol–water partition coefficient (Wildman–Crippen LogP) is 4.55. The number of hydrogen-bond donors (Lipinski definition) is 1. The molecule has 0 aromatic heterocycles. The summed E-state index contributed by atoms with van der Waals surface area (Å²) in [4.78, 5) is 32.1. The van der Waals surface area contributed by atoms with Crippen molar-refractivity contribution in [1.82, 2.24) is 9.80 Å². The van der Waals surface area contributed by atoms with Gasteiger partial charge in [0.2, 0.25) is 5.91 Å². The minimum Gasteiger partial charge on any atom is -0.495 e. The summed E-state index contributed by atoms with van der Waals surface area (Å²) < 4.78 is 18.5. The molecule has 2 aromatic carbocycles. The molecule has 2 aliphatic heterocycles. The Morgan fingerprint density at radius 2 is 1.86 bits per heavy atom. The van der Waals surface area contributed by atoms with Gasteiger partial charge in [0, 0.05) is 18.8 Å². The first kappa shape index (κ1) is 26.3. The van der Waals surface area contributed by atoms with Crippen molar-refractivity contribution in [3.63, 3.8) is 0 Å². The van der Waals surface area contributed by atoms with Crippen molar-refractivity contribution >= 4 is 52.1 Å². The monoisotopic (exact) mass is 532 g/mol. The van der Waals surface area contributed by atoms with Gasteiger partial charge in [-0.25, -0.2) is 4.39 Å². The van der Waals surface area contributed by atoms with E-state index in [2.05, 4.69) is 17.1 Å². The van der Waals surface area contributed by atoms with Crippen molar-refractivity contribution in [2.24, 2.45) is 5.92 Å². The first-order valence-corrected chi connectivity index (χ1v) is 12.8. The highest BCUT2D eigenvalue weighted by molar-refractivity contribution is 7.80. The average Bonchev–Trinajstić information content (AvgIpc) is 3.08. The van der Waals surface area contributed by atoms with Crippen LogP contribution in [0.2, 0.25) is 5.02 Å². The second kappa shape index (κ2) is 11.5. The maximum Gasteiger partial charge on any atom is 0.256 e. The Balaban J connectivity index is 1.53. The van der Waals surface area contributed by atoms with Crippen LogP contribution in [0.1, 0.15) is 26.2 Å². The number of piperidine rings is 1. The van der Waals surface area contributed by atoms with Gasteiger partial charge in [0.15, 0.2) is 5.11 Å². The summed E-state index contributed by atoms with van der Waals surface area (Å²) in [7, 11) is 1.52. The van der Waals surface area contributed by atoms with Gasteiger partial charge in [-0.2, -0.15) is 0 Å². The van der Waals surface area contributed by atoms with Crippen molar-refractivity contribution in [1.29, 1.82) is 0 Å². The van der Waals surface area contributed by atoms with Gasteiger partial charge in [-0.05, 0) is 86.5 Å². The molecule has 2 amide bonds. The molecule has 2 heterocycles. The number of nitrogens with one attached hydrogen (secondary N) is 1. The number of likely N-dealkylation sites (tertiary alicyclic amines) is 1. The van der Waals surface area contributed by atoms with Gasteiger partial charge in [0.1, 0.15) is 17.6 Å². The van der Waals surface area contributed by atoms with Crippen LogP contribution in [-0.2, 0) is 9.59 Å². The minimum atomic E-state index is -0.762. The molecule has 0 saturated carbocycles. The summed E-state index contributed by atoms with van der Waals surface area (Å²) in [6.45, 7) is 5.53. The van der Waals surface area contributed by atoms with Crippen molar-refractivity contribution in [3.05, 3.63) is 53.3 Å². The lowest BCUT2D eigenvalue weighted by molar-refractivity contribution is -0.124. The fourth-order valence-electron chi connectivity index (χ4n) is 4.58. The molecule has 0 spiro atoms. The molecule has 4 rings (SSSR count). The van der Waals surface area contributed by atoms with E-state index in [-0.39, 0.29) is 18.2 Å². The molecule has 2 fully saturated rings. The van der Waals surface area contributed by atoms with Crippen LogP contribution >= 0.6 is 23.8 Å². The van der Waals surface area contributed by atoms with Gasteiger partial charge in [-0.15, -0.1) is 0 Å². The lowest BCUT2D eigenvalue weighted by Gasteiger charge is -2.32. The fraction of sp³-hybridized carbons (Fsp3) is 0.423. The van der Waals surface area contributed by atoms with Crippen LogP contribution in [0.5, 0.6) is 5.75 Å². The third-order valence-electron chi connectivity index (χ3n) is 6.75. The van der Waals surface area contributed by atoms with E-state index in [0.717, 1.165) is 32.5 Å². The van der Waals surface area contributed by atoms with Crippen LogP contribution < -0.4 is 15.0 Å². The Morgan fingerprint density at radius 3 is 2.50 bits per heavy atom. The zero-order valence-corrected chi connectivity index (χ0v) is 21.9. The average molecular weight is 533 g/mol. The van der Waals surface area contributed by atoms with Crippen molar-refractivity contribution < 1.29 is 18.7 Å². The highest BCUT2D eigenvalue weighted by Crippen LogP contribution is 2.33. The molecule has 1 unspecified atom stereocenters. The molecule has 10 heteroatoms. The van der Waals surface area contributed by atoms with Crippen LogP contribution in [-0.4, -0.2) is 66.1 Å². The number of methoxy groups -OCH3 is 1. The first-order valence-electron chi connectivity index (χ1n) is 12.0. The maximum absolute atomic E-state index is 13.6. The number of rotatable bonds is 8. The Bertz CT molecular complexity index is 1120. The molecule has 7 nitrogen and oxygen atoms in total. The number of benzene rings is 2. The third-order valence-corrected chi connectivity index (χ3v) is 7.46. The van der Waals surface area contributed by atoms with Gasteiger partial charge in [0.05, 0.1) is 24.2 Å².